The van der Waals surface area contributed by atoms with Gasteiger partial charge in [0.15, 0.2) is 11.8 Å². The average Bonchev–Trinajstić information content (AvgIpc) is 3.06. The topological polar surface area (TPSA) is 85.6 Å². The van der Waals surface area contributed by atoms with Gasteiger partial charge in [0, 0.05) is 39.3 Å². The van der Waals surface area contributed by atoms with Crippen molar-refractivity contribution < 1.29 is 9.47 Å². The summed E-state index contributed by atoms with van der Waals surface area (Å²) in [5.74, 6) is 3.40. The van der Waals surface area contributed by atoms with Crippen LogP contribution in [0.3, 0.4) is 0 Å². The molecule has 0 saturated heterocycles. The lowest BCUT2D eigenvalue weighted by Gasteiger charge is -2.14. The SMILES string of the molecule is CCCCNC(=NCc1ccc(C)cc1OCCCOC)NCc1nnc(C)n1C. The molecule has 166 valence electrons. The summed E-state index contributed by atoms with van der Waals surface area (Å²) in [6.07, 6.45) is 3.07. The van der Waals surface area contributed by atoms with E-state index in [1.807, 2.05) is 18.5 Å². The zero-order valence-corrected chi connectivity index (χ0v) is 19.0. The van der Waals surface area contributed by atoms with Gasteiger partial charge in [-0.2, -0.15) is 0 Å². The van der Waals surface area contributed by atoms with Crippen molar-refractivity contribution in [2.45, 2.75) is 53.1 Å². The average molecular weight is 417 g/mol. The standard InChI is InChI=1S/C22H36N6O2/c1-6-7-11-23-22(25-16-21-27-26-18(3)28(21)4)24-15-19-10-9-17(2)14-20(19)30-13-8-12-29-5/h9-10,14H,6-8,11-13,15-16H2,1-5H3,(H2,23,24,25). The van der Waals surface area contributed by atoms with E-state index in [0.717, 1.165) is 54.7 Å². The Morgan fingerprint density at radius 2 is 1.97 bits per heavy atom. The first-order chi connectivity index (χ1) is 14.5. The highest BCUT2D eigenvalue weighted by Crippen LogP contribution is 2.21. The van der Waals surface area contributed by atoms with Crippen LogP contribution in [0.1, 0.15) is 49.0 Å². The summed E-state index contributed by atoms with van der Waals surface area (Å²) >= 11 is 0. The maximum Gasteiger partial charge on any atom is 0.191 e. The highest BCUT2D eigenvalue weighted by Gasteiger charge is 2.08. The molecule has 1 heterocycles. The lowest BCUT2D eigenvalue weighted by Crippen LogP contribution is -2.38. The summed E-state index contributed by atoms with van der Waals surface area (Å²) < 4.78 is 13.1. The van der Waals surface area contributed by atoms with Crippen LogP contribution in [0.2, 0.25) is 0 Å². The largest absolute Gasteiger partial charge is 0.493 e. The number of rotatable bonds is 12. The van der Waals surface area contributed by atoms with Gasteiger partial charge in [-0.3, -0.25) is 0 Å². The number of aliphatic imine (C=N–C) groups is 1. The van der Waals surface area contributed by atoms with Crippen LogP contribution in [-0.2, 0) is 24.9 Å². The molecular weight excluding hydrogens is 380 g/mol. The minimum absolute atomic E-state index is 0.527. The highest BCUT2D eigenvalue weighted by molar-refractivity contribution is 5.79. The van der Waals surface area contributed by atoms with Crippen LogP contribution in [0.4, 0.5) is 0 Å². The molecule has 1 aromatic carbocycles. The van der Waals surface area contributed by atoms with Crippen LogP contribution in [0.5, 0.6) is 5.75 Å². The Balaban J connectivity index is 2.06. The number of aryl methyl sites for hydroxylation is 2. The van der Waals surface area contributed by atoms with E-state index in [4.69, 9.17) is 14.5 Å². The number of nitrogens with zero attached hydrogens (tertiary/aromatic N) is 4. The minimum atomic E-state index is 0.527. The van der Waals surface area contributed by atoms with Crippen LogP contribution in [0, 0.1) is 13.8 Å². The van der Waals surface area contributed by atoms with E-state index in [0.29, 0.717) is 26.3 Å². The summed E-state index contributed by atoms with van der Waals surface area (Å²) in [6.45, 7) is 9.45. The Bertz CT molecular complexity index is 803. The van der Waals surface area contributed by atoms with E-state index >= 15 is 0 Å². The molecule has 0 aliphatic rings. The molecule has 0 aliphatic heterocycles. The van der Waals surface area contributed by atoms with Crippen molar-refractivity contribution in [2.75, 3.05) is 26.9 Å². The van der Waals surface area contributed by atoms with Gasteiger partial charge < -0.3 is 24.7 Å². The lowest BCUT2D eigenvalue weighted by molar-refractivity contribution is 0.172. The Hall–Kier alpha value is -2.61. The van der Waals surface area contributed by atoms with Gasteiger partial charge in [-0.25, -0.2) is 4.99 Å². The van der Waals surface area contributed by atoms with Crippen molar-refractivity contribution in [1.82, 2.24) is 25.4 Å². The summed E-state index contributed by atoms with van der Waals surface area (Å²) in [7, 11) is 3.67. The third-order valence-corrected chi connectivity index (χ3v) is 4.80. The van der Waals surface area contributed by atoms with Crippen LogP contribution in [0.25, 0.3) is 0 Å². The molecule has 0 bridgehead atoms. The fourth-order valence-electron chi connectivity index (χ4n) is 2.80. The fourth-order valence-corrected chi connectivity index (χ4v) is 2.80. The van der Waals surface area contributed by atoms with E-state index in [9.17, 15) is 0 Å². The van der Waals surface area contributed by atoms with E-state index < -0.39 is 0 Å². The van der Waals surface area contributed by atoms with Crippen molar-refractivity contribution in [1.29, 1.82) is 0 Å². The first-order valence-electron chi connectivity index (χ1n) is 10.6. The molecule has 0 aliphatic carbocycles. The number of hydrogen-bond acceptors (Lipinski definition) is 5. The first-order valence-corrected chi connectivity index (χ1v) is 10.6. The molecule has 2 rings (SSSR count). The van der Waals surface area contributed by atoms with E-state index in [2.05, 4.69) is 52.9 Å². The summed E-state index contributed by atoms with van der Waals surface area (Å²) in [4.78, 5) is 4.78. The Morgan fingerprint density at radius 3 is 2.67 bits per heavy atom. The number of benzene rings is 1. The minimum Gasteiger partial charge on any atom is -0.493 e. The molecule has 0 saturated carbocycles. The predicted molar refractivity (Wildman–Crippen MR) is 120 cm³/mol. The number of methoxy groups -OCH3 is 1. The van der Waals surface area contributed by atoms with E-state index in [1.54, 1.807) is 7.11 Å². The second-order valence-electron chi connectivity index (χ2n) is 7.33. The molecule has 2 aromatic rings. The molecule has 0 atom stereocenters. The highest BCUT2D eigenvalue weighted by atomic mass is 16.5. The molecule has 2 N–H and O–H groups in total. The summed E-state index contributed by atoms with van der Waals surface area (Å²) in [5, 5.41) is 15.1. The number of nitrogens with one attached hydrogen (secondary N) is 2. The number of aromatic nitrogens is 3. The molecule has 0 unspecified atom stereocenters. The van der Waals surface area contributed by atoms with Crippen LogP contribution < -0.4 is 15.4 Å². The third-order valence-electron chi connectivity index (χ3n) is 4.80. The van der Waals surface area contributed by atoms with E-state index in [1.165, 1.54) is 5.56 Å². The molecular formula is C22H36N6O2. The molecule has 1 aromatic heterocycles. The maximum absolute atomic E-state index is 5.99. The summed E-state index contributed by atoms with van der Waals surface area (Å²) in [5.41, 5.74) is 2.23. The van der Waals surface area contributed by atoms with E-state index in [-0.39, 0.29) is 0 Å². The second-order valence-corrected chi connectivity index (χ2v) is 7.33. The quantitative estimate of drug-likeness (QED) is 0.314. The van der Waals surface area contributed by atoms with Crippen molar-refractivity contribution in [3.63, 3.8) is 0 Å². The van der Waals surface area contributed by atoms with Gasteiger partial charge in [0.25, 0.3) is 0 Å². The Labute approximate surface area is 180 Å². The fraction of sp³-hybridized carbons (Fsp3) is 0.591. The van der Waals surface area contributed by atoms with Gasteiger partial charge in [-0.1, -0.05) is 25.5 Å². The van der Waals surface area contributed by atoms with Crippen molar-refractivity contribution >= 4 is 5.96 Å². The molecule has 8 heteroatoms. The first kappa shape index (κ1) is 23.7. The van der Waals surface area contributed by atoms with Gasteiger partial charge >= 0.3 is 0 Å². The molecule has 0 radical (unpaired) electrons. The maximum atomic E-state index is 5.99. The Kier molecular flexibility index (Phi) is 10.1. The molecule has 0 spiro atoms. The molecule has 0 amide bonds. The zero-order valence-electron chi connectivity index (χ0n) is 19.0. The summed E-state index contributed by atoms with van der Waals surface area (Å²) in [6, 6.07) is 6.24. The van der Waals surface area contributed by atoms with Gasteiger partial charge in [-0.15, -0.1) is 10.2 Å². The molecule has 8 nitrogen and oxygen atoms in total. The smallest absolute Gasteiger partial charge is 0.191 e. The van der Waals surface area contributed by atoms with Crippen molar-refractivity contribution in [3.05, 3.63) is 41.0 Å². The third kappa shape index (κ3) is 7.67. The van der Waals surface area contributed by atoms with Gasteiger partial charge in [0.2, 0.25) is 0 Å². The van der Waals surface area contributed by atoms with Gasteiger partial charge in [-0.05, 0) is 31.9 Å². The van der Waals surface area contributed by atoms with Crippen LogP contribution in [-0.4, -0.2) is 47.6 Å². The van der Waals surface area contributed by atoms with Crippen LogP contribution >= 0.6 is 0 Å². The zero-order chi connectivity index (χ0) is 21.8. The molecule has 0 fully saturated rings. The van der Waals surface area contributed by atoms with Crippen molar-refractivity contribution in [3.8, 4) is 5.75 Å². The monoisotopic (exact) mass is 416 g/mol. The van der Waals surface area contributed by atoms with Crippen LogP contribution in [0.15, 0.2) is 23.2 Å². The number of guanidine groups is 1. The second kappa shape index (κ2) is 12.8. The normalized spacial score (nSPS) is 11.6. The Morgan fingerprint density at radius 1 is 1.13 bits per heavy atom. The number of unbranched alkanes of at least 4 members (excludes halogenated alkanes) is 1. The predicted octanol–water partition coefficient (Wildman–Crippen LogP) is 2.88. The molecule has 30 heavy (non-hydrogen) atoms. The number of ether oxygens (including phenoxy) is 2. The van der Waals surface area contributed by atoms with Gasteiger partial charge in [0.1, 0.15) is 11.6 Å². The van der Waals surface area contributed by atoms with Crippen molar-refractivity contribution in [2.24, 2.45) is 12.0 Å². The van der Waals surface area contributed by atoms with Gasteiger partial charge in [0.05, 0.1) is 19.7 Å². The lowest BCUT2D eigenvalue weighted by atomic mass is 10.1. The number of hydrogen-bond donors (Lipinski definition) is 2.